The molecule has 0 aliphatic carbocycles. The van der Waals surface area contributed by atoms with E-state index < -0.39 is 0 Å². The van der Waals surface area contributed by atoms with Gasteiger partial charge >= 0.3 is 0 Å². The number of hydrogen-bond donors (Lipinski definition) is 1. The smallest absolute Gasteiger partial charge is 0.240 e. The number of rotatable bonds is 7. The van der Waals surface area contributed by atoms with Gasteiger partial charge in [0.05, 0.1) is 6.21 Å². The van der Waals surface area contributed by atoms with Crippen molar-refractivity contribution in [2.45, 2.75) is 26.3 Å². The molecule has 0 fully saturated rings. The Morgan fingerprint density at radius 3 is 2.47 bits per heavy atom. The molecule has 0 bridgehead atoms. The number of aryl methyl sites for hydroxylation is 2. The monoisotopic (exact) mass is 395 g/mol. The summed E-state index contributed by atoms with van der Waals surface area (Å²) in [5, 5.41) is 5.32. The second-order valence-electron chi connectivity index (χ2n) is 7.49. The van der Waals surface area contributed by atoms with Gasteiger partial charge in [-0.1, -0.05) is 78.4 Å². The van der Waals surface area contributed by atoms with Crippen LogP contribution in [0.4, 0.5) is 0 Å². The van der Waals surface area contributed by atoms with Crippen molar-refractivity contribution in [2.75, 3.05) is 0 Å². The van der Waals surface area contributed by atoms with E-state index in [4.69, 9.17) is 0 Å². The fourth-order valence-corrected chi connectivity index (χ4v) is 3.53. The maximum atomic E-state index is 12.1. The van der Waals surface area contributed by atoms with E-state index in [1.807, 2.05) is 42.5 Å². The van der Waals surface area contributed by atoms with Crippen molar-refractivity contribution in [2.24, 2.45) is 5.10 Å². The Morgan fingerprint density at radius 1 is 0.933 bits per heavy atom. The Bertz CT molecular complexity index is 1160. The molecule has 1 aromatic heterocycles. The highest BCUT2D eigenvalue weighted by molar-refractivity contribution is 5.99. The standard InChI is InChI=1S/C26H25N3O/c1-20-11-13-22(14-12-20)18-29-19-23(24-9-5-6-10-25(24)29)17-27-28-26(30)16-15-21-7-3-2-4-8-21/h2-14,17,19H,15-16,18H2,1H3,(H,28,30)/b27-17-. The Hall–Kier alpha value is -3.66. The molecule has 1 heterocycles. The molecule has 0 spiro atoms. The summed E-state index contributed by atoms with van der Waals surface area (Å²) in [5.74, 6) is -0.0847. The van der Waals surface area contributed by atoms with Crippen molar-refractivity contribution in [1.82, 2.24) is 9.99 Å². The van der Waals surface area contributed by atoms with Crippen molar-refractivity contribution in [3.8, 4) is 0 Å². The van der Waals surface area contributed by atoms with E-state index in [0.29, 0.717) is 12.8 Å². The summed E-state index contributed by atoms with van der Waals surface area (Å²) in [6.45, 7) is 2.88. The molecule has 0 atom stereocenters. The van der Waals surface area contributed by atoms with Crippen LogP contribution in [0.5, 0.6) is 0 Å². The molecule has 0 aliphatic heterocycles. The summed E-state index contributed by atoms with van der Waals surface area (Å²) in [7, 11) is 0. The number of aromatic nitrogens is 1. The molecule has 1 amide bonds. The van der Waals surface area contributed by atoms with E-state index in [9.17, 15) is 4.79 Å². The van der Waals surface area contributed by atoms with Crippen molar-refractivity contribution < 1.29 is 4.79 Å². The van der Waals surface area contributed by atoms with Crippen LogP contribution >= 0.6 is 0 Å². The van der Waals surface area contributed by atoms with Crippen molar-refractivity contribution in [1.29, 1.82) is 0 Å². The van der Waals surface area contributed by atoms with Crippen LogP contribution in [0, 0.1) is 6.92 Å². The first kappa shape index (κ1) is 19.6. The Morgan fingerprint density at radius 2 is 1.67 bits per heavy atom. The van der Waals surface area contributed by atoms with Crippen LogP contribution in [0.1, 0.15) is 28.7 Å². The average Bonchev–Trinajstić information content (AvgIpc) is 3.12. The quantitative estimate of drug-likeness (QED) is 0.344. The fraction of sp³-hybridized carbons (Fsp3) is 0.154. The van der Waals surface area contributed by atoms with Crippen molar-refractivity contribution in [3.63, 3.8) is 0 Å². The van der Waals surface area contributed by atoms with Crippen LogP contribution in [0.25, 0.3) is 10.9 Å². The van der Waals surface area contributed by atoms with Crippen LogP contribution < -0.4 is 5.43 Å². The topological polar surface area (TPSA) is 46.4 Å². The predicted octanol–water partition coefficient (Wildman–Crippen LogP) is 5.08. The molecule has 3 aromatic carbocycles. The lowest BCUT2D eigenvalue weighted by Crippen LogP contribution is -2.17. The lowest BCUT2D eigenvalue weighted by molar-refractivity contribution is -0.121. The molecule has 150 valence electrons. The van der Waals surface area contributed by atoms with Gasteiger partial charge in [-0.15, -0.1) is 0 Å². The first-order valence-electron chi connectivity index (χ1n) is 10.2. The van der Waals surface area contributed by atoms with Crippen LogP contribution in [-0.4, -0.2) is 16.7 Å². The van der Waals surface area contributed by atoms with Crippen molar-refractivity contribution in [3.05, 3.63) is 107 Å². The zero-order chi connectivity index (χ0) is 20.8. The second-order valence-corrected chi connectivity index (χ2v) is 7.49. The summed E-state index contributed by atoms with van der Waals surface area (Å²) < 4.78 is 2.22. The zero-order valence-electron chi connectivity index (χ0n) is 17.1. The second kappa shape index (κ2) is 9.23. The van der Waals surface area contributed by atoms with Gasteiger partial charge in [-0.2, -0.15) is 5.10 Å². The van der Waals surface area contributed by atoms with E-state index in [0.717, 1.165) is 28.6 Å². The number of carbonyl (C=O) groups is 1. The number of benzene rings is 3. The molecule has 4 rings (SSSR count). The van der Waals surface area contributed by atoms with Crippen LogP contribution in [0.2, 0.25) is 0 Å². The molecule has 0 aliphatic rings. The number of nitrogens with zero attached hydrogens (tertiary/aromatic N) is 2. The molecule has 0 saturated heterocycles. The summed E-state index contributed by atoms with van der Waals surface area (Å²) in [6, 6.07) is 26.8. The number of amides is 1. The van der Waals surface area contributed by atoms with Crippen LogP contribution in [0.15, 0.2) is 90.2 Å². The van der Waals surface area contributed by atoms with E-state index in [2.05, 4.69) is 64.6 Å². The third kappa shape index (κ3) is 4.84. The van der Waals surface area contributed by atoms with Gasteiger partial charge in [-0.3, -0.25) is 4.79 Å². The molecule has 4 heteroatoms. The predicted molar refractivity (Wildman–Crippen MR) is 123 cm³/mol. The van der Waals surface area contributed by atoms with Crippen LogP contribution in [0.3, 0.4) is 0 Å². The molecular formula is C26H25N3O. The van der Waals surface area contributed by atoms with E-state index >= 15 is 0 Å². The SMILES string of the molecule is Cc1ccc(Cn2cc(/C=N\NC(=O)CCc3ccccc3)c3ccccc32)cc1. The summed E-state index contributed by atoms with van der Waals surface area (Å²) in [6.07, 6.45) is 4.94. The van der Waals surface area contributed by atoms with E-state index in [1.165, 1.54) is 11.1 Å². The molecule has 0 saturated carbocycles. The number of carbonyl (C=O) groups excluding carboxylic acids is 1. The largest absolute Gasteiger partial charge is 0.342 e. The van der Waals surface area contributed by atoms with Gasteiger partial charge in [0.2, 0.25) is 5.91 Å². The van der Waals surface area contributed by atoms with Gasteiger partial charge in [-0.05, 0) is 30.5 Å². The number of hydrazone groups is 1. The first-order chi connectivity index (χ1) is 14.7. The normalized spacial score (nSPS) is 11.2. The Kier molecular flexibility index (Phi) is 6.04. The van der Waals surface area contributed by atoms with Gasteiger partial charge in [0.15, 0.2) is 0 Å². The lowest BCUT2D eigenvalue weighted by atomic mass is 10.1. The summed E-state index contributed by atoms with van der Waals surface area (Å²) in [4.78, 5) is 12.1. The summed E-state index contributed by atoms with van der Waals surface area (Å²) >= 11 is 0. The molecular weight excluding hydrogens is 370 g/mol. The maximum absolute atomic E-state index is 12.1. The van der Waals surface area contributed by atoms with Gasteiger partial charge < -0.3 is 4.57 Å². The minimum absolute atomic E-state index is 0.0847. The number of hydrogen-bond acceptors (Lipinski definition) is 2. The van der Waals surface area contributed by atoms with Gasteiger partial charge in [0.25, 0.3) is 0 Å². The average molecular weight is 396 g/mol. The molecule has 4 aromatic rings. The minimum atomic E-state index is -0.0847. The molecule has 30 heavy (non-hydrogen) atoms. The minimum Gasteiger partial charge on any atom is -0.342 e. The maximum Gasteiger partial charge on any atom is 0.240 e. The highest BCUT2D eigenvalue weighted by Gasteiger charge is 2.07. The third-order valence-corrected chi connectivity index (χ3v) is 5.17. The highest BCUT2D eigenvalue weighted by Crippen LogP contribution is 2.21. The zero-order valence-corrected chi connectivity index (χ0v) is 17.1. The van der Waals surface area contributed by atoms with Crippen LogP contribution in [-0.2, 0) is 17.8 Å². The highest BCUT2D eigenvalue weighted by atomic mass is 16.2. The van der Waals surface area contributed by atoms with E-state index in [1.54, 1.807) is 6.21 Å². The Balaban J connectivity index is 1.44. The molecule has 0 unspecified atom stereocenters. The van der Waals surface area contributed by atoms with E-state index in [-0.39, 0.29) is 5.91 Å². The molecule has 1 N–H and O–H groups in total. The van der Waals surface area contributed by atoms with Crippen molar-refractivity contribution >= 4 is 23.0 Å². The first-order valence-corrected chi connectivity index (χ1v) is 10.2. The number of fused-ring (bicyclic) bond motifs is 1. The van der Waals surface area contributed by atoms with Gasteiger partial charge in [-0.25, -0.2) is 5.43 Å². The number of para-hydroxylation sites is 1. The molecule has 4 nitrogen and oxygen atoms in total. The lowest BCUT2D eigenvalue weighted by Gasteiger charge is -2.06. The Labute approximate surface area is 176 Å². The number of nitrogens with one attached hydrogen (secondary N) is 1. The molecule has 0 radical (unpaired) electrons. The summed E-state index contributed by atoms with van der Waals surface area (Å²) in [5.41, 5.74) is 8.44. The van der Waals surface area contributed by atoms with Gasteiger partial charge in [0, 0.05) is 35.6 Å². The van der Waals surface area contributed by atoms with Gasteiger partial charge in [0.1, 0.15) is 0 Å². The fourth-order valence-electron chi connectivity index (χ4n) is 3.53. The third-order valence-electron chi connectivity index (χ3n) is 5.17.